The monoisotopic (exact) mass is 316 g/mol. The third kappa shape index (κ3) is 3.35. The summed E-state index contributed by atoms with van der Waals surface area (Å²) in [6.07, 6.45) is 1.79. The molecule has 18 heavy (non-hydrogen) atoms. The van der Waals surface area contributed by atoms with Crippen LogP contribution in [0.15, 0.2) is 16.7 Å². The number of nitrogens with one attached hydrogen (secondary N) is 1. The number of nitrogens with zero attached hydrogens (tertiary/aromatic N) is 1. The maximum absolute atomic E-state index is 12.0. The Kier molecular flexibility index (Phi) is 4.95. The van der Waals surface area contributed by atoms with Crippen LogP contribution in [0.3, 0.4) is 0 Å². The van der Waals surface area contributed by atoms with Crippen LogP contribution < -0.4 is 5.32 Å². The summed E-state index contributed by atoms with van der Waals surface area (Å²) in [6.45, 7) is 6.08. The molecule has 0 saturated heterocycles. The zero-order valence-electron chi connectivity index (χ0n) is 10.6. The Balaban J connectivity index is 2.90. The predicted octanol–water partition coefficient (Wildman–Crippen LogP) is 2.11. The first kappa shape index (κ1) is 14.8. The Hall–Kier alpha value is -1.30. The Morgan fingerprint density at radius 1 is 1.50 bits per heavy atom. The lowest BCUT2D eigenvalue weighted by Crippen LogP contribution is -2.44. The SMILES string of the molecule is CCn1cc(Br)cc1C(=O)N[C@H](C(=O)O)C(C)C. The van der Waals surface area contributed by atoms with Crippen LogP contribution in [0.25, 0.3) is 0 Å². The van der Waals surface area contributed by atoms with Crippen molar-refractivity contribution < 1.29 is 14.7 Å². The van der Waals surface area contributed by atoms with E-state index in [0.29, 0.717) is 12.2 Å². The second kappa shape index (κ2) is 6.04. The molecule has 2 N–H and O–H groups in total. The third-order valence-corrected chi connectivity index (χ3v) is 3.09. The summed E-state index contributed by atoms with van der Waals surface area (Å²) < 4.78 is 2.56. The van der Waals surface area contributed by atoms with E-state index in [1.807, 2.05) is 6.92 Å². The maximum atomic E-state index is 12.0. The zero-order chi connectivity index (χ0) is 13.9. The molecule has 1 atom stereocenters. The number of carbonyl (C=O) groups excluding carboxylic acids is 1. The van der Waals surface area contributed by atoms with Crippen LogP contribution in [0.5, 0.6) is 0 Å². The third-order valence-electron chi connectivity index (χ3n) is 2.66. The van der Waals surface area contributed by atoms with Crippen molar-refractivity contribution in [2.45, 2.75) is 33.4 Å². The number of aryl methyl sites for hydroxylation is 1. The summed E-state index contributed by atoms with van der Waals surface area (Å²) in [5.74, 6) is -1.56. The van der Waals surface area contributed by atoms with Crippen LogP contribution >= 0.6 is 15.9 Å². The maximum Gasteiger partial charge on any atom is 0.326 e. The number of amides is 1. The number of halogens is 1. The van der Waals surface area contributed by atoms with E-state index in [0.717, 1.165) is 4.47 Å². The van der Waals surface area contributed by atoms with Crippen LogP contribution in [0.2, 0.25) is 0 Å². The molecular formula is C12H17BrN2O3. The molecule has 0 spiro atoms. The van der Waals surface area contributed by atoms with Gasteiger partial charge in [-0.05, 0) is 34.8 Å². The van der Waals surface area contributed by atoms with Gasteiger partial charge in [0.1, 0.15) is 11.7 Å². The van der Waals surface area contributed by atoms with Gasteiger partial charge in [0.15, 0.2) is 0 Å². The normalized spacial score (nSPS) is 12.5. The summed E-state index contributed by atoms with van der Waals surface area (Å²) in [7, 11) is 0. The first-order valence-corrected chi connectivity index (χ1v) is 6.55. The quantitative estimate of drug-likeness (QED) is 0.874. The Morgan fingerprint density at radius 3 is 2.56 bits per heavy atom. The van der Waals surface area contributed by atoms with Crippen molar-refractivity contribution in [3.63, 3.8) is 0 Å². The summed E-state index contributed by atoms with van der Waals surface area (Å²) in [6, 6.07) is 0.800. The summed E-state index contributed by atoms with van der Waals surface area (Å²) in [4.78, 5) is 23.1. The van der Waals surface area contributed by atoms with Crippen LogP contribution in [0.4, 0.5) is 0 Å². The minimum absolute atomic E-state index is 0.167. The molecule has 5 nitrogen and oxygen atoms in total. The van der Waals surface area contributed by atoms with Crippen molar-refractivity contribution in [3.8, 4) is 0 Å². The lowest BCUT2D eigenvalue weighted by atomic mass is 10.0. The topological polar surface area (TPSA) is 71.3 Å². The van der Waals surface area contributed by atoms with E-state index >= 15 is 0 Å². The summed E-state index contributed by atoms with van der Waals surface area (Å²) in [5.41, 5.74) is 0.455. The number of aromatic nitrogens is 1. The van der Waals surface area contributed by atoms with Crippen LogP contribution in [-0.4, -0.2) is 27.6 Å². The van der Waals surface area contributed by atoms with Gasteiger partial charge in [0.25, 0.3) is 5.91 Å². The molecule has 6 heteroatoms. The van der Waals surface area contributed by atoms with Gasteiger partial charge < -0.3 is 15.0 Å². The second-order valence-corrected chi connectivity index (χ2v) is 5.28. The summed E-state index contributed by atoms with van der Waals surface area (Å²) >= 11 is 3.30. The lowest BCUT2D eigenvalue weighted by molar-refractivity contribution is -0.140. The number of carboxylic acid groups (broad SMARTS) is 1. The van der Waals surface area contributed by atoms with Gasteiger partial charge in [0.2, 0.25) is 0 Å². The molecule has 0 saturated carbocycles. The molecule has 0 unspecified atom stereocenters. The number of hydrogen-bond donors (Lipinski definition) is 2. The number of rotatable bonds is 5. The Bertz CT molecular complexity index is 454. The van der Waals surface area contributed by atoms with Gasteiger partial charge in [-0.3, -0.25) is 4.79 Å². The van der Waals surface area contributed by atoms with E-state index < -0.39 is 12.0 Å². The van der Waals surface area contributed by atoms with E-state index in [1.54, 1.807) is 30.7 Å². The summed E-state index contributed by atoms with van der Waals surface area (Å²) in [5, 5.41) is 11.6. The van der Waals surface area contributed by atoms with Crippen molar-refractivity contribution in [1.29, 1.82) is 0 Å². The molecule has 0 aromatic carbocycles. The number of carboxylic acids is 1. The minimum Gasteiger partial charge on any atom is -0.480 e. The number of aliphatic carboxylic acids is 1. The fourth-order valence-corrected chi connectivity index (χ4v) is 2.12. The predicted molar refractivity (Wildman–Crippen MR) is 71.5 cm³/mol. The largest absolute Gasteiger partial charge is 0.480 e. The molecule has 1 amide bonds. The molecule has 0 aliphatic rings. The highest BCUT2D eigenvalue weighted by molar-refractivity contribution is 9.10. The highest BCUT2D eigenvalue weighted by Gasteiger charge is 2.25. The van der Waals surface area contributed by atoms with Gasteiger partial charge in [-0.15, -0.1) is 0 Å². The molecule has 0 fully saturated rings. The van der Waals surface area contributed by atoms with E-state index in [-0.39, 0.29) is 11.8 Å². The fourth-order valence-electron chi connectivity index (χ4n) is 1.66. The van der Waals surface area contributed by atoms with Gasteiger partial charge in [-0.25, -0.2) is 4.79 Å². The fraction of sp³-hybridized carbons (Fsp3) is 0.500. The molecule has 1 aromatic rings. The van der Waals surface area contributed by atoms with Gasteiger partial charge in [-0.2, -0.15) is 0 Å². The second-order valence-electron chi connectivity index (χ2n) is 4.36. The average Bonchev–Trinajstić information content (AvgIpc) is 2.66. The standard InChI is InChI=1S/C12H17BrN2O3/c1-4-15-6-8(13)5-9(15)11(16)14-10(7(2)3)12(17)18/h5-7,10H,4H2,1-3H3,(H,14,16)(H,17,18)/t10-/m0/s1. The molecule has 1 heterocycles. The molecule has 0 bridgehead atoms. The van der Waals surface area contributed by atoms with Gasteiger partial charge in [0.05, 0.1) is 0 Å². The zero-order valence-corrected chi connectivity index (χ0v) is 12.2. The van der Waals surface area contributed by atoms with E-state index in [4.69, 9.17) is 5.11 Å². The van der Waals surface area contributed by atoms with Gasteiger partial charge in [0, 0.05) is 17.2 Å². The Labute approximate surface area is 114 Å². The van der Waals surface area contributed by atoms with Gasteiger partial charge >= 0.3 is 5.97 Å². The van der Waals surface area contributed by atoms with Gasteiger partial charge in [-0.1, -0.05) is 13.8 Å². The number of carbonyl (C=O) groups is 2. The Morgan fingerprint density at radius 2 is 2.11 bits per heavy atom. The minimum atomic E-state index is -1.02. The lowest BCUT2D eigenvalue weighted by Gasteiger charge is -2.18. The number of hydrogen-bond acceptors (Lipinski definition) is 2. The van der Waals surface area contributed by atoms with E-state index in [9.17, 15) is 9.59 Å². The van der Waals surface area contributed by atoms with Crippen LogP contribution in [-0.2, 0) is 11.3 Å². The molecular weight excluding hydrogens is 300 g/mol. The van der Waals surface area contributed by atoms with Crippen molar-refractivity contribution in [1.82, 2.24) is 9.88 Å². The van der Waals surface area contributed by atoms with Crippen molar-refractivity contribution in [3.05, 3.63) is 22.4 Å². The highest BCUT2D eigenvalue weighted by atomic mass is 79.9. The smallest absolute Gasteiger partial charge is 0.326 e. The van der Waals surface area contributed by atoms with Crippen molar-refractivity contribution >= 4 is 27.8 Å². The van der Waals surface area contributed by atoms with Crippen molar-refractivity contribution in [2.24, 2.45) is 5.92 Å². The molecule has 0 radical (unpaired) electrons. The molecule has 1 rings (SSSR count). The van der Waals surface area contributed by atoms with Crippen molar-refractivity contribution in [2.75, 3.05) is 0 Å². The first-order valence-electron chi connectivity index (χ1n) is 5.76. The molecule has 0 aliphatic heterocycles. The van der Waals surface area contributed by atoms with E-state index in [2.05, 4.69) is 21.2 Å². The first-order chi connectivity index (χ1) is 8.36. The highest BCUT2D eigenvalue weighted by Crippen LogP contribution is 2.15. The van der Waals surface area contributed by atoms with Crippen LogP contribution in [0.1, 0.15) is 31.3 Å². The molecule has 1 aromatic heterocycles. The molecule has 100 valence electrons. The average molecular weight is 317 g/mol. The molecule has 0 aliphatic carbocycles. The van der Waals surface area contributed by atoms with Crippen LogP contribution in [0, 0.1) is 5.92 Å². The van der Waals surface area contributed by atoms with E-state index in [1.165, 1.54) is 0 Å².